The summed E-state index contributed by atoms with van der Waals surface area (Å²) in [4.78, 5) is 29.3. The number of nitrogens with two attached hydrogens (primary N) is 1. The SMILES string of the molecule is Cc1cc(NC(=O)c2cccc(N)c2)ccc1Nc1nc(-c2cccnc2)c2[nH]ccc2n1. The van der Waals surface area contributed by atoms with Gasteiger partial charge in [-0.05, 0) is 67.1 Å². The molecule has 0 aliphatic rings. The lowest BCUT2D eigenvalue weighted by Crippen LogP contribution is -2.12. The van der Waals surface area contributed by atoms with Crippen LogP contribution in [-0.4, -0.2) is 25.8 Å². The normalized spacial score (nSPS) is 10.8. The predicted molar refractivity (Wildman–Crippen MR) is 130 cm³/mol. The number of aromatic nitrogens is 4. The third-order valence-corrected chi connectivity index (χ3v) is 5.22. The fourth-order valence-corrected chi connectivity index (χ4v) is 3.60. The van der Waals surface area contributed by atoms with Gasteiger partial charge in [-0.2, -0.15) is 0 Å². The number of nitrogens with zero attached hydrogens (tertiary/aromatic N) is 3. The number of hydrogen-bond donors (Lipinski definition) is 4. The van der Waals surface area contributed by atoms with E-state index in [-0.39, 0.29) is 5.91 Å². The average molecular weight is 435 g/mol. The molecule has 0 spiro atoms. The Hall–Kier alpha value is -4.72. The Morgan fingerprint density at radius 2 is 1.94 bits per heavy atom. The molecular formula is C25H21N7O. The molecule has 0 saturated carbocycles. The summed E-state index contributed by atoms with van der Waals surface area (Å²) in [6.07, 6.45) is 5.34. The van der Waals surface area contributed by atoms with E-state index in [4.69, 9.17) is 10.7 Å². The number of rotatable bonds is 5. The minimum absolute atomic E-state index is 0.218. The molecular weight excluding hydrogens is 414 g/mol. The predicted octanol–water partition coefficient (Wildman–Crippen LogP) is 4.91. The molecule has 0 saturated heterocycles. The van der Waals surface area contributed by atoms with Crippen LogP contribution >= 0.6 is 0 Å². The molecule has 33 heavy (non-hydrogen) atoms. The largest absolute Gasteiger partial charge is 0.399 e. The number of aromatic amines is 1. The Balaban J connectivity index is 1.40. The molecule has 0 aliphatic heterocycles. The Kier molecular flexibility index (Phi) is 5.16. The van der Waals surface area contributed by atoms with Crippen LogP contribution in [0.5, 0.6) is 0 Å². The molecule has 5 N–H and O–H groups in total. The standard InChI is InChI=1S/C25H21N7O/c1-15-12-19(29-24(33)16-4-2-6-18(26)13-16)7-8-20(15)30-25-31-21-9-11-28-23(21)22(32-25)17-5-3-10-27-14-17/h2-14,28H,26H2,1H3,(H,29,33)(H,30,31,32). The molecule has 162 valence electrons. The Bertz CT molecular complexity index is 1460. The van der Waals surface area contributed by atoms with Crippen molar-refractivity contribution in [2.75, 3.05) is 16.4 Å². The average Bonchev–Trinajstić information content (AvgIpc) is 3.29. The van der Waals surface area contributed by atoms with Gasteiger partial charge in [-0.3, -0.25) is 9.78 Å². The molecule has 0 atom stereocenters. The third-order valence-electron chi connectivity index (χ3n) is 5.22. The number of carbonyl (C=O) groups is 1. The van der Waals surface area contributed by atoms with Crippen LogP contribution in [-0.2, 0) is 0 Å². The number of pyridine rings is 1. The van der Waals surface area contributed by atoms with Crippen LogP contribution in [0.25, 0.3) is 22.3 Å². The number of H-pyrrole nitrogens is 1. The monoisotopic (exact) mass is 435 g/mol. The van der Waals surface area contributed by atoms with Crippen molar-refractivity contribution in [3.63, 3.8) is 0 Å². The number of benzene rings is 2. The summed E-state index contributed by atoms with van der Waals surface area (Å²) in [7, 11) is 0. The topological polar surface area (TPSA) is 122 Å². The summed E-state index contributed by atoms with van der Waals surface area (Å²) >= 11 is 0. The minimum atomic E-state index is -0.218. The van der Waals surface area contributed by atoms with Crippen molar-refractivity contribution >= 4 is 40.0 Å². The number of carbonyl (C=O) groups excluding carboxylic acids is 1. The maximum absolute atomic E-state index is 12.5. The molecule has 5 aromatic rings. The van der Waals surface area contributed by atoms with Crippen LogP contribution in [0.2, 0.25) is 0 Å². The number of nitrogens with one attached hydrogen (secondary N) is 3. The molecule has 3 heterocycles. The first kappa shape index (κ1) is 20.2. The maximum Gasteiger partial charge on any atom is 0.255 e. The smallest absolute Gasteiger partial charge is 0.255 e. The molecule has 0 aliphatic carbocycles. The van der Waals surface area contributed by atoms with Crippen molar-refractivity contribution in [2.24, 2.45) is 0 Å². The van der Waals surface area contributed by atoms with Crippen molar-refractivity contribution in [1.29, 1.82) is 0 Å². The number of amides is 1. The summed E-state index contributed by atoms with van der Waals surface area (Å²) in [5, 5.41) is 6.20. The molecule has 8 heteroatoms. The molecule has 0 fully saturated rings. The minimum Gasteiger partial charge on any atom is -0.399 e. The highest BCUT2D eigenvalue weighted by molar-refractivity contribution is 6.05. The molecule has 2 aromatic carbocycles. The Morgan fingerprint density at radius 3 is 2.73 bits per heavy atom. The van der Waals surface area contributed by atoms with Gasteiger partial charge in [0.2, 0.25) is 5.95 Å². The van der Waals surface area contributed by atoms with Gasteiger partial charge < -0.3 is 21.4 Å². The molecule has 8 nitrogen and oxygen atoms in total. The van der Waals surface area contributed by atoms with Crippen LogP contribution in [0.15, 0.2) is 79.3 Å². The van der Waals surface area contributed by atoms with E-state index < -0.39 is 0 Å². The summed E-state index contributed by atoms with van der Waals surface area (Å²) in [5.74, 6) is 0.255. The number of fused-ring (bicyclic) bond motifs is 1. The van der Waals surface area contributed by atoms with Crippen molar-refractivity contribution in [2.45, 2.75) is 6.92 Å². The van der Waals surface area contributed by atoms with E-state index in [1.54, 1.807) is 36.7 Å². The fourth-order valence-electron chi connectivity index (χ4n) is 3.60. The van der Waals surface area contributed by atoms with Crippen LogP contribution in [0.1, 0.15) is 15.9 Å². The summed E-state index contributed by atoms with van der Waals surface area (Å²) in [6, 6.07) is 18.2. The highest BCUT2D eigenvalue weighted by Crippen LogP contribution is 2.28. The van der Waals surface area contributed by atoms with Crippen molar-refractivity contribution in [3.05, 3.63) is 90.4 Å². The van der Waals surface area contributed by atoms with E-state index in [2.05, 4.69) is 25.6 Å². The van der Waals surface area contributed by atoms with Gasteiger partial charge in [-0.1, -0.05) is 6.07 Å². The lowest BCUT2D eigenvalue weighted by atomic mass is 10.1. The fraction of sp³-hybridized carbons (Fsp3) is 0.0400. The second kappa shape index (κ2) is 8.43. The van der Waals surface area contributed by atoms with Gasteiger partial charge in [0.1, 0.15) is 5.69 Å². The third kappa shape index (κ3) is 4.22. The lowest BCUT2D eigenvalue weighted by molar-refractivity contribution is 0.102. The van der Waals surface area contributed by atoms with Crippen LogP contribution in [0, 0.1) is 6.92 Å². The van der Waals surface area contributed by atoms with Gasteiger partial charge in [0.15, 0.2) is 0 Å². The van der Waals surface area contributed by atoms with Crippen LogP contribution in [0.3, 0.4) is 0 Å². The quantitative estimate of drug-likeness (QED) is 0.291. The lowest BCUT2D eigenvalue weighted by Gasteiger charge is -2.12. The number of anilines is 4. The summed E-state index contributed by atoms with van der Waals surface area (Å²) < 4.78 is 0. The molecule has 1 amide bonds. The van der Waals surface area contributed by atoms with E-state index in [9.17, 15) is 4.79 Å². The van der Waals surface area contributed by atoms with E-state index in [0.717, 1.165) is 33.5 Å². The first-order chi connectivity index (χ1) is 16.1. The molecule has 0 bridgehead atoms. The highest BCUT2D eigenvalue weighted by atomic mass is 16.1. The Labute approximate surface area is 189 Å². The Morgan fingerprint density at radius 1 is 1.03 bits per heavy atom. The zero-order chi connectivity index (χ0) is 22.8. The molecule has 3 aromatic heterocycles. The van der Waals surface area contributed by atoms with Crippen LogP contribution in [0.4, 0.5) is 23.0 Å². The molecule has 0 unspecified atom stereocenters. The maximum atomic E-state index is 12.5. The van der Waals surface area contributed by atoms with E-state index in [1.165, 1.54) is 0 Å². The number of aryl methyl sites for hydroxylation is 1. The van der Waals surface area contributed by atoms with Gasteiger partial charge in [-0.15, -0.1) is 0 Å². The van der Waals surface area contributed by atoms with Crippen molar-refractivity contribution in [3.8, 4) is 11.3 Å². The van der Waals surface area contributed by atoms with Crippen molar-refractivity contribution < 1.29 is 4.79 Å². The van der Waals surface area contributed by atoms with E-state index >= 15 is 0 Å². The number of nitrogen functional groups attached to an aromatic ring is 1. The zero-order valence-electron chi connectivity index (χ0n) is 17.8. The molecule has 0 radical (unpaired) electrons. The molecule has 5 rings (SSSR count). The van der Waals surface area contributed by atoms with E-state index in [1.807, 2.05) is 49.5 Å². The van der Waals surface area contributed by atoms with Gasteiger partial charge >= 0.3 is 0 Å². The summed E-state index contributed by atoms with van der Waals surface area (Å²) in [5.41, 5.74) is 12.6. The van der Waals surface area contributed by atoms with Gasteiger partial charge in [0.05, 0.1) is 11.0 Å². The van der Waals surface area contributed by atoms with Gasteiger partial charge in [0.25, 0.3) is 5.91 Å². The number of hydrogen-bond acceptors (Lipinski definition) is 6. The second-order valence-electron chi connectivity index (χ2n) is 7.61. The van der Waals surface area contributed by atoms with Crippen molar-refractivity contribution in [1.82, 2.24) is 19.9 Å². The highest BCUT2D eigenvalue weighted by Gasteiger charge is 2.13. The van der Waals surface area contributed by atoms with Crippen LogP contribution < -0.4 is 16.4 Å². The first-order valence-corrected chi connectivity index (χ1v) is 10.4. The summed E-state index contributed by atoms with van der Waals surface area (Å²) in [6.45, 7) is 1.95. The zero-order valence-corrected chi connectivity index (χ0v) is 17.8. The first-order valence-electron chi connectivity index (χ1n) is 10.4. The van der Waals surface area contributed by atoms with Gasteiger partial charge in [0, 0.05) is 46.8 Å². The van der Waals surface area contributed by atoms with E-state index in [0.29, 0.717) is 22.9 Å². The van der Waals surface area contributed by atoms with Gasteiger partial charge in [-0.25, -0.2) is 9.97 Å². The second-order valence-corrected chi connectivity index (χ2v) is 7.61.